The standard InChI is InChI=1S/C4H9NO3.C3H7NO2/c1-4(5,2-6)3(7)8;1-2(4)3(5)6/h6H,2,5H2,1H3,(H,7,8);2H,4H2,1H3,(H,5,6). The van der Waals surface area contributed by atoms with Gasteiger partial charge in [-0.25, -0.2) is 0 Å². The van der Waals surface area contributed by atoms with Crippen LogP contribution in [0.4, 0.5) is 0 Å². The van der Waals surface area contributed by atoms with Crippen LogP contribution in [0, 0.1) is 0 Å². The van der Waals surface area contributed by atoms with Crippen molar-refractivity contribution in [2.24, 2.45) is 11.5 Å². The molecule has 2 atom stereocenters. The van der Waals surface area contributed by atoms with Crippen molar-refractivity contribution in [3.8, 4) is 0 Å². The molecule has 2 unspecified atom stereocenters. The molecular formula is C7H16N2O5. The Morgan fingerprint density at radius 1 is 1.43 bits per heavy atom. The summed E-state index contributed by atoms with van der Waals surface area (Å²) in [6, 6.07) is -0.731. The van der Waals surface area contributed by atoms with Gasteiger partial charge in [0.25, 0.3) is 0 Å². The predicted octanol–water partition coefficient (Wildman–Crippen LogP) is -1.80. The van der Waals surface area contributed by atoms with Gasteiger partial charge in [0, 0.05) is 0 Å². The fourth-order valence-electron chi connectivity index (χ4n) is 0.0676. The maximum Gasteiger partial charge on any atom is 0.325 e. The molecular weight excluding hydrogens is 192 g/mol. The molecule has 14 heavy (non-hydrogen) atoms. The average Bonchev–Trinajstić information content (AvgIpc) is 2.05. The van der Waals surface area contributed by atoms with Gasteiger partial charge in [-0.2, -0.15) is 0 Å². The Morgan fingerprint density at radius 2 is 1.71 bits per heavy atom. The van der Waals surface area contributed by atoms with Crippen molar-refractivity contribution in [2.75, 3.05) is 6.61 Å². The molecule has 0 amide bonds. The highest BCUT2D eigenvalue weighted by Crippen LogP contribution is 1.94. The number of aliphatic hydroxyl groups excluding tert-OH is 1. The Morgan fingerprint density at radius 3 is 1.71 bits per heavy atom. The van der Waals surface area contributed by atoms with E-state index in [1.165, 1.54) is 13.8 Å². The Kier molecular flexibility index (Phi) is 6.89. The van der Waals surface area contributed by atoms with E-state index in [1.54, 1.807) is 0 Å². The third-order valence-electron chi connectivity index (χ3n) is 1.21. The van der Waals surface area contributed by atoms with Crippen LogP contribution in [0.3, 0.4) is 0 Å². The molecule has 0 aromatic heterocycles. The highest BCUT2D eigenvalue weighted by Gasteiger charge is 2.25. The lowest BCUT2D eigenvalue weighted by atomic mass is 10.1. The minimum atomic E-state index is -1.49. The van der Waals surface area contributed by atoms with Crippen LogP contribution < -0.4 is 11.5 Å². The largest absolute Gasteiger partial charge is 0.480 e. The lowest BCUT2D eigenvalue weighted by Crippen LogP contribution is -2.48. The van der Waals surface area contributed by atoms with Gasteiger partial charge in [0.05, 0.1) is 6.61 Å². The molecule has 0 rings (SSSR count). The van der Waals surface area contributed by atoms with E-state index in [9.17, 15) is 9.59 Å². The third-order valence-corrected chi connectivity index (χ3v) is 1.21. The quantitative estimate of drug-likeness (QED) is 0.367. The van der Waals surface area contributed by atoms with Gasteiger partial charge in [0.2, 0.25) is 0 Å². The molecule has 84 valence electrons. The van der Waals surface area contributed by atoms with E-state index < -0.39 is 30.1 Å². The van der Waals surface area contributed by atoms with Crippen LogP contribution in [0.25, 0.3) is 0 Å². The van der Waals surface area contributed by atoms with Crippen LogP contribution in [-0.2, 0) is 9.59 Å². The number of carboxylic acids is 2. The molecule has 0 radical (unpaired) electrons. The summed E-state index contributed by atoms with van der Waals surface area (Å²) < 4.78 is 0. The second kappa shape index (κ2) is 6.30. The highest BCUT2D eigenvalue weighted by atomic mass is 16.4. The van der Waals surface area contributed by atoms with Gasteiger partial charge in [0.15, 0.2) is 0 Å². The fourth-order valence-corrected chi connectivity index (χ4v) is 0.0676. The zero-order valence-corrected chi connectivity index (χ0v) is 8.10. The normalized spacial score (nSPS) is 15.8. The van der Waals surface area contributed by atoms with Gasteiger partial charge in [-0.1, -0.05) is 0 Å². The van der Waals surface area contributed by atoms with Crippen LogP contribution >= 0.6 is 0 Å². The molecule has 0 aliphatic rings. The number of rotatable bonds is 3. The molecule has 7 N–H and O–H groups in total. The van der Waals surface area contributed by atoms with Crippen LogP contribution in [0.1, 0.15) is 13.8 Å². The molecule has 0 aromatic rings. The summed E-state index contributed by atoms with van der Waals surface area (Å²) in [6.45, 7) is 2.12. The van der Waals surface area contributed by atoms with E-state index in [-0.39, 0.29) is 0 Å². The zero-order valence-electron chi connectivity index (χ0n) is 8.10. The number of hydrogen-bond acceptors (Lipinski definition) is 5. The lowest BCUT2D eigenvalue weighted by Gasteiger charge is -2.13. The maximum atomic E-state index is 9.97. The smallest absolute Gasteiger partial charge is 0.325 e. The summed E-state index contributed by atoms with van der Waals surface area (Å²) in [5.74, 6) is -2.16. The molecule has 0 aliphatic carbocycles. The van der Waals surface area contributed by atoms with Crippen molar-refractivity contribution < 1.29 is 24.9 Å². The highest BCUT2D eigenvalue weighted by molar-refractivity contribution is 5.77. The van der Waals surface area contributed by atoms with Crippen molar-refractivity contribution >= 4 is 11.9 Å². The van der Waals surface area contributed by atoms with Crippen LogP contribution in [0.5, 0.6) is 0 Å². The van der Waals surface area contributed by atoms with E-state index in [1.807, 2.05) is 0 Å². The van der Waals surface area contributed by atoms with Crippen molar-refractivity contribution in [2.45, 2.75) is 25.4 Å². The Bertz CT molecular complexity index is 202. The second-order valence-electron chi connectivity index (χ2n) is 3.01. The van der Waals surface area contributed by atoms with Crippen molar-refractivity contribution in [1.29, 1.82) is 0 Å². The number of aliphatic hydroxyl groups is 1. The Labute approximate surface area is 81.3 Å². The minimum absolute atomic E-state index is 0.539. The number of aliphatic carboxylic acids is 2. The first-order valence-electron chi connectivity index (χ1n) is 3.76. The average molecular weight is 208 g/mol. The summed E-state index contributed by atoms with van der Waals surface area (Å²) in [5, 5.41) is 24.3. The number of carbonyl (C=O) groups is 2. The van der Waals surface area contributed by atoms with Gasteiger partial charge in [-0.05, 0) is 13.8 Å². The number of carboxylic acid groups (broad SMARTS) is 2. The zero-order chi connectivity index (χ0) is 11.9. The van der Waals surface area contributed by atoms with Crippen LogP contribution in [0.2, 0.25) is 0 Å². The SMILES string of the molecule is CC(N)(CO)C(=O)O.CC(N)C(=O)O. The number of hydrogen-bond donors (Lipinski definition) is 5. The molecule has 0 aromatic carbocycles. The van der Waals surface area contributed by atoms with Gasteiger partial charge in [0.1, 0.15) is 11.6 Å². The first-order valence-corrected chi connectivity index (χ1v) is 3.76. The molecule has 0 fully saturated rings. The fraction of sp³-hybridized carbons (Fsp3) is 0.714. The minimum Gasteiger partial charge on any atom is -0.480 e. The van der Waals surface area contributed by atoms with E-state index in [0.29, 0.717) is 0 Å². The second-order valence-corrected chi connectivity index (χ2v) is 3.01. The Hall–Kier alpha value is -1.18. The summed E-state index contributed by atoms with van der Waals surface area (Å²) >= 11 is 0. The summed E-state index contributed by atoms with van der Waals surface area (Å²) in [6.07, 6.45) is 0. The molecule has 0 spiro atoms. The lowest BCUT2D eigenvalue weighted by molar-refractivity contribution is -0.144. The monoisotopic (exact) mass is 208 g/mol. The summed E-state index contributed by atoms with van der Waals surface area (Å²) in [4.78, 5) is 19.5. The molecule has 0 saturated carbocycles. The van der Waals surface area contributed by atoms with E-state index in [2.05, 4.69) is 0 Å². The van der Waals surface area contributed by atoms with Crippen molar-refractivity contribution in [3.63, 3.8) is 0 Å². The topological polar surface area (TPSA) is 147 Å². The molecule has 7 nitrogen and oxygen atoms in total. The maximum absolute atomic E-state index is 9.97. The van der Waals surface area contributed by atoms with Gasteiger partial charge in [-0.3, -0.25) is 9.59 Å². The molecule has 0 heterocycles. The molecule has 0 bridgehead atoms. The Balaban J connectivity index is 0. The van der Waals surface area contributed by atoms with Gasteiger partial charge in [-0.15, -0.1) is 0 Å². The van der Waals surface area contributed by atoms with E-state index in [4.69, 9.17) is 26.8 Å². The predicted molar refractivity (Wildman–Crippen MR) is 48.6 cm³/mol. The van der Waals surface area contributed by atoms with Crippen LogP contribution in [-0.4, -0.2) is 45.4 Å². The third kappa shape index (κ3) is 7.47. The molecule has 7 heteroatoms. The van der Waals surface area contributed by atoms with E-state index in [0.717, 1.165) is 0 Å². The first-order chi connectivity index (χ1) is 6.15. The van der Waals surface area contributed by atoms with Crippen LogP contribution in [0.15, 0.2) is 0 Å². The first kappa shape index (κ1) is 15.3. The summed E-state index contributed by atoms with van der Waals surface area (Å²) in [5.41, 5.74) is 8.36. The van der Waals surface area contributed by atoms with Gasteiger partial charge >= 0.3 is 11.9 Å². The molecule has 0 aliphatic heterocycles. The molecule has 0 saturated heterocycles. The van der Waals surface area contributed by atoms with Crippen molar-refractivity contribution in [1.82, 2.24) is 0 Å². The number of nitrogens with two attached hydrogens (primary N) is 2. The summed E-state index contributed by atoms with van der Waals surface area (Å²) in [7, 11) is 0. The van der Waals surface area contributed by atoms with E-state index >= 15 is 0 Å². The van der Waals surface area contributed by atoms with Crippen molar-refractivity contribution in [3.05, 3.63) is 0 Å². The van der Waals surface area contributed by atoms with Gasteiger partial charge < -0.3 is 26.8 Å².